The summed E-state index contributed by atoms with van der Waals surface area (Å²) in [4.78, 5) is 0. The van der Waals surface area contributed by atoms with Gasteiger partial charge in [0.25, 0.3) is 0 Å². The van der Waals surface area contributed by atoms with Crippen LogP contribution in [0, 0.1) is 0 Å². The Morgan fingerprint density at radius 1 is 0.765 bits per heavy atom. The predicted molar refractivity (Wildman–Crippen MR) is 80.5 cm³/mol. The molecule has 0 radical (unpaired) electrons. The van der Waals surface area contributed by atoms with E-state index in [0.29, 0.717) is 0 Å². The van der Waals surface area contributed by atoms with Gasteiger partial charge in [0.2, 0.25) is 0 Å². The molecule has 0 aromatic heterocycles. The van der Waals surface area contributed by atoms with Gasteiger partial charge in [-0.15, -0.1) is 0 Å². The molecule has 2 aliphatic carbocycles. The van der Waals surface area contributed by atoms with E-state index < -0.39 is 19.8 Å². The molecule has 100 valence electrons. The molecule has 0 atom stereocenters. The molecular weight excluding hydrogens is 311 g/mol. The van der Waals surface area contributed by atoms with Crippen molar-refractivity contribution in [1.29, 1.82) is 0 Å². The molecule has 2 aliphatic rings. The Labute approximate surface area is 116 Å². The minimum atomic E-state index is -1.19. The molecule has 0 aromatic rings. The van der Waals surface area contributed by atoms with Crippen molar-refractivity contribution in [1.82, 2.24) is 0 Å². The average Bonchev–Trinajstić information content (AvgIpc) is 2.42. The zero-order valence-electron chi connectivity index (χ0n) is 11.9. The van der Waals surface area contributed by atoms with Gasteiger partial charge in [0.15, 0.2) is 0 Å². The van der Waals surface area contributed by atoms with E-state index in [0.717, 1.165) is 0 Å². The Morgan fingerprint density at radius 3 is 1.65 bits per heavy atom. The van der Waals surface area contributed by atoms with Crippen molar-refractivity contribution >= 4 is 19.8 Å². The van der Waals surface area contributed by atoms with Gasteiger partial charge in [0.1, 0.15) is 0 Å². The van der Waals surface area contributed by atoms with Crippen LogP contribution < -0.4 is 0 Å². The van der Waals surface area contributed by atoms with Crippen molar-refractivity contribution in [3.05, 3.63) is 0 Å². The first-order valence-electron chi connectivity index (χ1n) is 8.42. The summed E-state index contributed by atoms with van der Waals surface area (Å²) in [5.74, 6) is 0. The van der Waals surface area contributed by atoms with E-state index in [1.54, 1.807) is 75.1 Å². The number of hydrogen-bond acceptors (Lipinski definition) is 0. The molecule has 0 spiro atoms. The molecule has 2 fully saturated rings. The van der Waals surface area contributed by atoms with Gasteiger partial charge >= 0.3 is 116 Å². The van der Waals surface area contributed by atoms with E-state index in [2.05, 4.69) is 6.92 Å². The molecule has 0 unspecified atom stereocenters. The van der Waals surface area contributed by atoms with Crippen LogP contribution in [0.4, 0.5) is 0 Å². The monoisotopic (exact) mass is 344 g/mol. The molecule has 0 amide bonds. The zero-order chi connectivity index (χ0) is 11.9. The summed E-state index contributed by atoms with van der Waals surface area (Å²) < 4.78 is 4.40. The van der Waals surface area contributed by atoms with Gasteiger partial charge in [0, 0.05) is 0 Å². The van der Waals surface area contributed by atoms with E-state index in [4.69, 9.17) is 0 Å². The Bertz CT molecular complexity index is 172. The molecule has 0 nitrogen and oxygen atoms in total. The number of unbranched alkanes of at least 4 members (excludes halogenated alkanes) is 1. The molecular formula is C16H32Sn. The summed E-state index contributed by atoms with van der Waals surface area (Å²) in [5.41, 5.74) is 0. The molecule has 0 bridgehead atoms. The third-order valence-corrected chi connectivity index (χ3v) is 19.2. The topological polar surface area (TPSA) is 0 Å². The van der Waals surface area contributed by atoms with E-state index in [9.17, 15) is 0 Å². The minimum absolute atomic E-state index is 1.19. The van der Waals surface area contributed by atoms with Crippen LogP contribution in [0.2, 0.25) is 12.3 Å². The van der Waals surface area contributed by atoms with Crippen molar-refractivity contribution in [2.24, 2.45) is 0 Å². The van der Waals surface area contributed by atoms with Gasteiger partial charge in [0.05, 0.1) is 0 Å². The van der Waals surface area contributed by atoms with E-state index in [-0.39, 0.29) is 0 Å². The summed E-state index contributed by atoms with van der Waals surface area (Å²) in [6, 6.07) is 0. The fourth-order valence-corrected chi connectivity index (χ4v) is 19.4. The first kappa shape index (κ1) is 14.2. The van der Waals surface area contributed by atoms with Crippen molar-refractivity contribution < 1.29 is 0 Å². The molecule has 0 saturated heterocycles. The van der Waals surface area contributed by atoms with Crippen molar-refractivity contribution in [2.45, 2.75) is 96.3 Å². The van der Waals surface area contributed by atoms with Crippen LogP contribution in [0.25, 0.3) is 0 Å². The molecule has 0 aliphatic heterocycles. The third-order valence-electron chi connectivity index (χ3n) is 5.40. The van der Waals surface area contributed by atoms with Crippen molar-refractivity contribution in [2.75, 3.05) is 0 Å². The first-order chi connectivity index (χ1) is 8.42. The van der Waals surface area contributed by atoms with Gasteiger partial charge in [-0.2, -0.15) is 0 Å². The second kappa shape index (κ2) is 8.07. The Kier molecular flexibility index (Phi) is 6.74. The first-order valence-corrected chi connectivity index (χ1v) is 14.6. The van der Waals surface area contributed by atoms with E-state index >= 15 is 0 Å². The molecule has 1 heteroatoms. The van der Waals surface area contributed by atoms with Crippen molar-refractivity contribution in [3.63, 3.8) is 0 Å². The molecule has 2 rings (SSSR count). The fraction of sp³-hybridized carbons (Fsp3) is 1.00. The molecule has 2 saturated carbocycles. The van der Waals surface area contributed by atoms with Gasteiger partial charge in [-0.25, -0.2) is 0 Å². The molecule has 0 heterocycles. The van der Waals surface area contributed by atoms with Crippen LogP contribution in [0.15, 0.2) is 0 Å². The standard InChI is InChI=1S/2C6H11.C4H9.Sn.H/c2*1-2-4-6-5-3-1;1-3-4-2;;/h2*1H,2-6H2;1,3-4H2,2H3;;. The van der Waals surface area contributed by atoms with Crippen LogP contribution in [0.3, 0.4) is 0 Å². The van der Waals surface area contributed by atoms with Crippen molar-refractivity contribution in [3.8, 4) is 0 Å². The molecule has 0 N–H and O–H groups in total. The SMILES string of the molecule is CCC[CH2][SnH]([CH]1CCCCC1)[CH]1CCCCC1. The predicted octanol–water partition coefficient (Wildman–Crippen LogP) is 5.68. The van der Waals surface area contributed by atoms with Crippen LogP contribution in [0.1, 0.15) is 84.0 Å². The quantitative estimate of drug-likeness (QED) is 0.563. The summed E-state index contributed by atoms with van der Waals surface area (Å²) in [7, 11) is 0. The Balaban J connectivity index is 1.90. The maximum atomic E-state index is 2.39. The van der Waals surface area contributed by atoms with E-state index in [1.165, 1.54) is 14.3 Å². The third kappa shape index (κ3) is 4.44. The van der Waals surface area contributed by atoms with Crippen LogP contribution in [-0.4, -0.2) is 19.8 Å². The second-order valence-corrected chi connectivity index (χ2v) is 17.4. The molecule has 17 heavy (non-hydrogen) atoms. The zero-order valence-corrected chi connectivity index (χ0v) is 15.2. The van der Waals surface area contributed by atoms with Crippen LogP contribution in [0.5, 0.6) is 0 Å². The second-order valence-electron chi connectivity index (χ2n) is 6.60. The van der Waals surface area contributed by atoms with Gasteiger partial charge in [-0.3, -0.25) is 0 Å². The summed E-state index contributed by atoms with van der Waals surface area (Å²) >= 11 is -1.19. The number of rotatable bonds is 5. The fourth-order valence-electron chi connectivity index (χ4n) is 4.42. The Hall–Kier alpha value is 0.799. The van der Waals surface area contributed by atoms with Gasteiger partial charge in [-0.1, -0.05) is 0 Å². The van der Waals surface area contributed by atoms with Crippen LogP contribution >= 0.6 is 0 Å². The summed E-state index contributed by atoms with van der Waals surface area (Å²) in [5, 5.41) is 0. The maximum absolute atomic E-state index is 2.39. The average molecular weight is 343 g/mol. The van der Waals surface area contributed by atoms with Gasteiger partial charge < -0.3 is 0 Å². The van der Waals surface area contributed by atoms with Crippen LogP contribution in [-0.2, 0) is 0 Å². The normalized spacial score (nSPS) is 24.4. The molecule has 0 aromatic carbocycles. The summed E-state index contributed by atoms with van der Waals surface area (Å²) in [6.45, 7) is 2.39. The number of hydrogen-bond donors (Lipinski definition) is 0. The van der Waals surface area contributed by atoms with Gasteiger partial charge in [-0.05, 0) is 0 Å². The van der Waals surface area contributed by atoms with E-state index in [1.807, 2.05) is 0 Å². The Morgan fingerprint density at radius 2 is 1.24 bits per heavy atom. The summed E-state index contributed by atoms with van der Waals surface area (Å²) in [6.07, 6.45) is 19.1.